The monoisotopic (exact) mass is 418 g/mol. The summed E-state index contributed by atoms with van der Waals surface area (Å²) in [5, 5.41) is 5.12. The summed E-state index contributed by atoms with van der Waals surface area (Å²) in [5.41, 5.74) is 1.99. The summed E-state index contributed by atoms with van der Waals surface area (Å²) in [7, 11) is 0. The summed E-state index contributed by atoms with van der Waals surface area (Å²) >= 11 is 3.31. The van der Waals surface area contributed by atoms with Crippen LogP contribution in [0.3, 0.4) is 0 Å². The van der Waals surface area contributed by atoms with Crippen molar-refractivity contribution >= 4 is 39.4 Å². The van der Waals surface area contributed by atoms with Crippen molar-refractivity contribution in [2.24, 2.45) is 0 Å². The Labute approximate surface area is 160 Å². The van der Waals surface area contributed by atoms with E-state index in [1.165, 1.54) is 6.92 Å². The van der Waals surface area contributed by atoms with Crippen LogP contribution in [0.15, 0.2) is 53.0 Å². The molecule has 0 aliphatic carbocycles. The first-order chi connectivity index (χ1) is 12.3. The molecule has 0 bridgehead atoms. The largest absolute Gasteiger partial charge is 0.451 e. The van der Waals surface area contributed by atoms with E-state index in [1.54, 1.807) is 42.5 Å². The van der Waals surface area contributed by atoms with Gasteiger partial charge in [-0.3, -0.25) is 14.4 Å². The number of amides is 2. The third-order valence-electron chi connectivity index (χ3n) is 3.46. The number of benzene rings is 2. The number of carbonyl (C=O) groups excluding carboxylic acids is 3. The zero-order valence-corrected chi connectivity index (χ0v) is 16.0. The highest BCUT2D eigenvalue weighted by Crippen LogP contribution is 2.14. The Morgan fingerprint density at radius 2 is 1.81 bits per heavy atom. The van der Waals surface area contributed by atoms with Crippen LogP contribution in [0.4, 0.5) is 5.69 Å². The number of aryl methyl sites for hydroxylation is 1. The summed E-state index contributed by atoms with van der Waals surface area (Å²) in [5.74, 6) is -1.52. The van der Waals surface area contributed by atoms with Crippen LogP contribution in [0.25, 0.3) is 0 Å². The zero-order valence-electron chi connectivity index (χ0n) is 14.4. The topological polar surface area (TPSA) is 84.5 Å². The van der Waals surface area contributed by atoms with E-state index in [-0.39, 0.29) is 12.5 Å². The normalized spacial score (nSPS) is 11.3. The molecule has 1 unspecified atom stereocenters. The number of anilines is 1. The van der Waals surface area contributed by atoms with Gasteiger partial charge in [0.15, 0.2) is 6.10 Å². The van der Waals surface area contributed by atoms with Crippen molar-refractivity contribution in [2.45, 2.75) is 20.0 Å². The van der Waals surface area contributed by atoms with Crippen molar-refractivity contribution in [1.82, 2.24) is 5.32 Å². The average Bonchev–Trinajstić information content (AvgIpc) is 2.61. The second kappa shape index (κ2) is 9.15. The molecule has 0 fully saturated rings. The lowest BCUT2D eigenvalue weighted by atomic mass is 10.1. The fraction of sp³-hybridized carbons (Fsp3) is 0.211. The molecule has 2 aromatic rings. The number of carbonyl (C=O) groups is 3. The van der Waals surface area contributed by atoms with Gasteiger partial charge in [-0.25, -0.2) is 0 Å². The van der Waals surface area contributed by atoms with Crippen molar-refractivity contribution in [1.29, 1.82) is 0 Å². The van der Waals surface area contributed by atoms with E-state index in [4.69, 9.17) is 4.74 Å². The standard InChI is InChI=1S/C19H19BrN2O4/c1-12-4-3-5-14(10-12)19(25)21-11-17(23)26-13(2)18(24)22-16-8-6-15(20)7-9-16/h3-10,13H,11H2,1-2H3,(H,21,25)(H,22,24). The fourth-order valence-electron chi connectivity index (χ4n) is 2.11. The molecule has 6 nitrogen and oxygen atoms in total. The molecule has 2 rings (SSSR count). The Morgan fingerprint density at radius 3 is 2.46 bits per heavy atom. The number of hydrogen-bond acceptors (Lipinski definition) is 4. The molecule has 136 valence electrons. The molecule has 0 heterocycles. The minimum Gasteiger partial charge on any atom is -0.451 e. The molecule has 0 saturated heterocycles. The van der Waals surface area contributed by atoms with E-state index in [2.05, 4.69) is 26.6 Å². The molecule has 1 atom stereocenters. The third-order valence-corrected chi connectivity index (χ3v) is 3.99. The van der Waals surface area contributed by atoms with Crippen molar-refractivity contribution < 1.29 is 19.1 Å². The van der Waals surface area contributed by atoms with Gasteiger partial charge in [-0.05, 0) is 50.2 Å². The van der Waals surface area contributed by atoms with Crippen LogP contribution in [-0.2, 0) is 14.3 Å². The third kappa shape index (κ3) is 6.00. The summed E-state index contributed by atoms with van der Waals surface area (Å²) in [6, 6.07) is 14.0. The van der Waals surface area contributed by atoms with Crippen molar-refractivity contribution in [3.63, 3.8) is 0 Å². The summed E-state index contributed by atoms with van der Waals surface area (Å²) in [4.78, 5) is 35.9. The lowest BCUT2D eigenvalue weighted by Crippen LogP contribution is -2.35. The van der Waals surface area contributed by atoms with Crippen LogP contribution >= 0.6 is 15.9 Å². The van der Waals surface area contributed by atoms with Crippen LogP contribution in [0.5, 0.6) is 0 Å². The second-order valence-corrected chi connectivity index (χ2v) is 6.60. The van der Waals surface area contributed by atoms with Gasteiger partial charge in [0.05, 0.1) is 0 Å². The minimum absolute atomic E-state index is 0.317. The number of nitrogens with one attached hydrogen (secondary N) is 2. The van der Waals surface area contributed by atoms with Gasteiger partial charge in [0.25, 0.3) is 11.8 Å². The van der Waals surface area contributed by atoms with Gasteiger partial charge >= 0.3 is 5.97 Å². The molecule has 0 radical (unpaired) electrons. The molecule has 0 aliphatic heterocycles. The number of esters is 1. The van der Waals surface area contributed by atoms with Crippen molar-refractivity contribution in [3.8, 4) is 0 Å². The van der Waals surface area contributed by atoms with Gasteiger partial charge in [-0.15, -0.1) is 0 Å². The highest BCUT2D eigenvalue weighted by Gasteiger charge is 2.18. The van der Waals surface area contributed by atoms with Crippen LogP contribution < -0.4 is 10.6 Å². The molecule has 0 saturated carbocycles. The number of hydrogen-bond donors (Lipinski definition) is 2. The first-order valence-corrected chi connectivity index (χ1v) is 8.75. The van der Waals surface area contributed by atoms with Gasteiger partial charge < -0.3 is 15.4 Å². The van der Waals surface area contributed by atoms with Gasteiger partial charge in [0.2, 0.25) is 0 Å². The Morgan fingerprint density at radius 1 is 1.12 bits per heavy atom. The van der Waals surface area contributed by atoms with Gasteiger partial charge in [-0.2, -0.15) is 0 Å². The maximum atomic E-state index is 12.0. The average molecular weight is 419 g/mol. The molecule has 0 aliphatic rings. The van der Waals surface area contributed by atoms with Gasteiger partial charge in [0, 0.05) is 15.7 Å². The second-order valence-electron chi connectivity index (χ2n) is 5.68. The van der Waals surface area contributed by atoms with E-state index in [0.29, 0.717) is 11.3 Å². The Balaban J connectivity index is 1.80. The molecular formula is C19H19BrN2O4. The predicted octanol–water partition coefficient (Wildman–Crippen LogP) is 3.06. The molecular weight excluding hydrogens is 400 g/mol. The van der Waals surface area contributed by atoms with Crippen LogP contribution in [0, 0.1) is 6.92 Å². The highest BCUT2D eigenvalue weighted by molar-refractivity contribution is 9.10. The molecule has 2 N–H and O–H groups in total. The van der Waals surface area contributed by atoms with Crippen molar-refractivity contribution in [2.75, 3.05) is 11.9 Å². The first kappa shape index (κ1) is 19.7. The smallest absolute Gasteiger partial charge is 0.326 e. The Kier molecular flexibility index (Phi) is 6.91. The maximum Gasteiger partial charge on any atom is 0.326 e. The van der Waals surface area contributed by atoms with Crippen LogP contribution in [-0.4, -0.2) is 30.4 Å². The lowest BCUT2D eigenvalue weighted by molar-refractivity contribution is -0.152. The first-order valence-electron chi connectivity index (χ1n) is 7.96. The van der Waals surface area contributed by atoms with E-state index in [0.717, 1.165) is 10.0 Å². The minimum atomic E-state index is -0.984. The fourth-order valence-corrected chi connectivity index (χ4v) is 2.37. The summed E-state index contributed by atoms with van der Waals surface area (Å²) in [6.07, 6.45) is -0.984. The molecule has 0 spiro atoms. The van der Waals surface area contributed by atoms with E-state index in [1.807, 2.05) is 13.0 Å². The molecule has 7 heteroatoms. The number of ether oxygens (including phenoxy) is 1. The molecule has 26 heavy (non-hydrogen) atoms. The molecule has 2 aromatic carbocycles. The quantitative estimate of drug-likeness (QED) is 0.705. The molecule has 0 aromatic heterocycles. The zero-order chi connectivity index (χ0) is 19.1. The summed E-state index contributed by atoms with van der Waals surface area (Å²) < 4.78 is 5.93. The van der Waals surface area contributed by atoms with E-state index >= 15 is 0 Å². The lowest BCUT2D eigenvalue weighted by Gasteiger charge is -2.14. The maximum absolute atomic E-state index is 12.0. The molecule has 2 amide bonds. The Bertz CT molecular complexity index is 805. The van der Waals surface area contributed by atoms with Gasteiger partial charge in [0.1, 0.15) is 6.54 Å². The van der Waals surface area contributed by atoms with Gasteiger partial charge in [-0.1, -0.05) is 33.6 Å². The van der Waals surface area contributed by atoms with Crippen LogP contribution in [0.2, 0.25) is 0 Å². The van der Waals surface area contributed by atoms with E-state index < -0.39 is 18.0 Å². The van der Waals surface area contributed by atoms with E-state index in [9.17, 15) is 14.4 Å². The number of halogens is 1. The number of rotatable bonds is 6. The predicted molar refractivity (Wildman–Crippen MR) is 102 cm³/mol. The van der Waals surface area contributed by atoms with Crippen molar-refractivity contribution in [3.05, 3.63) is 64.1 Å². The summed E-state index contributed by atoms with van der Waals surface area (Å²) in [6.45, 7) is 3.02. The van der Waals surface area contributed by atoms with Crippen LogP contribution in [0.1, 0.15) is 22.8 Å². The highest BCUT2D eigenvalue weighted by atomic mass is 79.9. The Hall–Kier alpha value is -2.67. The SMILES string of the molecule is Cc1cccc(C(=O)NCC(=O)OC(C)C(=O)Nc2ccc(Br)cc2)c1.